The highest BCUT2D eigenvalue weighted by Crippen LogP contribution is 2.36. The van der Waals surface area contributed by atoms with E-state index < -0.39 is 11.5 Å². The van der Waals surface area contributed by atoms with Crippen molar-refractivity contribution in [3.8, 4) is 0 Å². The van der Waals surface area contributed by atoms with E-state index in [0.717, 1.165) is 25.2 Å². The summed E-state index contributed by atoms with van der Waals surface area (Å²) in [6.45, 7) is 5.84. The molecule has 1 saturated heterocycles. The summed E-state index contributed by atoms with van der Waals surface area (Å²) in [7, 11) is 0. The maximum atomic E-state index is 13.3. The van der Waals surface area contributed by atoms with Crippen LogP contribution in [0.25, 0.3) is 0 Å². The summed E-state index contributed by atoms with van der Waals surface area (Å²) in [6, 6.07) is 19.8. The molecular weight excluding hydrogens is 380 g/mol. The zero-order valence-corrected chi connectivity index (χ0v) is 17.5. The Labute approximate surface area is 178 Å². The first kappa shape index (κ1) is 22.0. The first-order valence-corrected chi connectivity index (χ1v) is 10.5. The Hall–Kier alpha value is -2.70. The highest BCUT2D eigenvalue weighted by Gasteiger charge is 2.47. The molecule has 1 unspecified atom stereocenters. The fourth-order valence-corrected chi connectivity index (χ4v) is 4.22. The largest absolute Gasteiger partial charge is 0.481 e. The standard InChI is InChI=1S/C24H30N2O4/c1-2-30-23(29)24(14-13-22(27)28,21-11-7-4-8-12-21)26-17-15-25(16-18-26)19-20-9-5-3-6-10-20/h3-12H,2,13-19H2,1H3,(H,27,28). The van der Waals surface area contributed by atoms with Crippen molar-refractivity contribution in [3.63, 3.8) is 0 Å². The van der Waals surface area contributed by atoms with Gasteiger partial charge in [-0.1, -0.05) is 60.7 Å². The van der Waals surface area contributed by atoms with Crippen LogP contribution in [-0.4, -0.2) is 59.6 Å². The van der Waals surface area contributed by atoms with E-state index in [1.807, 2.05) is 48.5 Å². The lowest BCUT2D eigenvalue weighted by molar-refractivity contribution is -0.162. The maximum absolute atomic E-state index is 13.3. The van der Waals surface area contributed by atoms with Crippen LogP contribution >= 0.6 is 0 Å². The molecule has 0 aromatic heterocycles. The lowest BCUT2D eigenvalue weighted by Gasteiger charge is -2.46. The average Bonchev–Trinajstić information content (AvgIpc) is 2.77. The first-order valence-electron chi connectivity index (χ1n) is 10.5. The third kappa shape index (κ3) is 5.07. The minimum Gasteiger partial charge on any atom is -0.481 e. The molecule has 6 nitrogen and oxygen atoms in total. The van der Waals surface area contributed by atoms with Gasteiger partial charge in [0, 0.05) is 39.1 Å². The lowest BCUT2D eigenvalue weighted by Crippen LogP contribution is -2.59. The highest BCUT2D eigenvalue weighted by atomic mass is 16.5. The molecule has 0 bridgehead atoms. The van der Waals surface area contributed by atoms with Gasteiger partial charge in [0.15, 0.2) is 0 Å². The number of carbonyl (C=O) groups is 2. The Morgan fingerprint density at radius 3 is 2.13 bits per heavy atom. The molecule has 2 aromatic rings. The van der Waals surface area contributed by atoms with Crippen molar-refractivity contribution in [1.82, 2.24) is 9.80 Å². The number of esters is 1. The van der Waals surface area contributed by atoms with Crippen molar-refractivity contribution >= 4 is 11.9 Å². The number of aliphatic carboxylic acids is 1. The quantitative estimate of drug-likeness (QED) is 0.641. The molecule has 1 aliphatic heterocycles. The molecule has 3 rings (SSSR count). The molecule has 0 spiro atoms. The highest BCUT2D eigenvalue weighted by molar-refractivity contribution is 5.83. The van der Waals surface area contributed by atoms with Gasteiger partial charge in [-0.05, 0) is 24.5 Å². The molecule has 2 aromatic carbocycles. The summed E-state index contributed by atoms with van der Waals surface area (Å²) in [4.78, 5) is 29.2. The first-order chi connectivity index (χ1) is 14.6. The van der Waals surface area contributed by atoms with Gasteiger partial charge < -0.3 is 9.84 Å². The second-order valence-electron chi connectivity index (χ2n) is 7.59. The van der Waals surface area contributed by atoms with E-state index in [0.29, 0.717) is 13.1 Å². The zero-order chi connectivity index (χ0) is 21.4. The molecule has 1 N–H and O–H groups in total. The van der Waals surface area contributed by atoms with E-state index in [1.54, 1.807) is 6.92 Å². The van der Waals surface area contributed by atoms with E-state index in [-0.39, 0.29) is 25.4 Å². The number of hydrogen-bond donors (Lipinski definition) is 1. The van der Waals surface area contributed by atoms with Crippen molar-refractivity contribution in [1.29, 1.82) is 0 Å². The van der Waals surface area contributed by atoms with Crippen LogP contribution in [0.15, 0.2) is 60.7 Å². The Kier molecular flexibility index (Phi) is 7.60. The van der Waals surface area contributed by atoms with Gasteiger partial charge in [0.2, 0.25) is 0 Å². The maximum Gasteiger partial charge on any atom is 0.331 e. The van der Waals surface area contributed by atoms with Crippen LogP contribution in [-0.2, 0) is 26.4 Å². The smallest absolute Gasteiger partial charge is 0.331 e. The molecule has 1 fully saturated rings. The van der Waals surface area contributed by atoms with Gasteiger partial charge in [0.05, 0.1) is 6.61 Å². The number of piperazine rings is 1. The van der Waals surface area contributed by atoms with E-state index in [4.69, 9.17) is 4.74 Å². The second-order valence-corrected chi connectivity index (χ2v) is 7.59. The predicted molar refractivity (Wildman–Crippen MR) is 115 cm³/mol. The number of carboxylic acid groups (broad SMARTS) is 1. The molecular formula is C24H30N2O4. The number of rotatable bonds is 9. The minimum atomic E-state index is -1.09. The Morgan fingerprint density at radius 1 is 0.967 bits per heavy atom. The molecule has 0 amide bonds. The van der Waals surface area contributed by atoms with Crippen molar-refractivity contribution < 1.29 is 19.4 Å². The van der Waals surface area contributed by atoms with Crippen molar-refractivity contribution in [3.05, 3.63) is 71.8 Å². The van der Waals surface area contributed by atoms with E-state index in [2.05, 4.69) is 21.9 Å². The van der Waals surface area contributed by atoms with Crippen LogP contribution in [0, 0.1) is 0 Å². The Bertz CT molecular complexity index is 820. The van der Waals surface area contributed by atoms with E-state index >= 15 is 0 Å². The van der Waals surface area contributed by atoms with Crippen LogP contribution in [0.2, 0.25) is 0 Å². The van der Waals surface area contributed by atoms with Gasteiger partial charge in [-0.3, -0.25) is 14.6 Å². The van der Waals surface area contributed by atoms with Crippen molar-refractivity contribution in [2.45, 2.75) is 31.8 Å². The van der Waals surface area contributed by atoms with E-state index in [1.165, 1.54) is 5.56 Å². The SMILES string of the molecule is CCOC(=O)C(CCC(=O)O)(c1ccccc1)N1CCN(Cc2ccccc2)CC1. The number of hydrogen-bond acceptors (Lipinski definition) is 5. The number of benzene rings is 2. The number of carbonyl (C=O) groups excluding carboxylic acids is 1. The third-order valence-electron chi connectivity index (χ3n) is 5.73. The molecule has 30 heavy (non-hydrogen) atoms. The summed E-state index contributed by atoms with van der Waals surface area (Å²) in [5, 5.41) is 9.36. The summed E-state index contributed by atoms with van der Waals surface area (Å²) in [5.41, 5.74) is 0.965. The normalized spacial score (nSPS) is 17.2. The second kappa shape index (κ2) is 10.4. The van der Waals surface area contributed by atoms with Crippen LogP contribution in [0.3, 0.4) is 0 Å². The fourth-order valence-electron chi connectivity index (χ4n) is 4.22. The summed E-state index contributed by atoms with van der Waals surface area (Å²) in [5.74, 6) is -1.28. The molecule has 0 saturated carbocycles. The average molecular weight is 411 g/mol. The van der Waals surface area contributed by atoms with Crippen LogP contribution < -0.4 is 0 Å². The zero-order valence-electron chi connectivity index (χ0n) is 17.5. The molecule has 0 aliphatic carbocycles. The molecule has 0 radical (unpaired) electrons. The molecule has 1 aliphatic rings. The monoisotopic (exact) mass is 410 g/mol. The summed E-state index contributed by atoms with van der Waals surface area (Å²) in [6.07, 6.45) is 0.0851. The lowest BCUT2D eigenvalue weighted by atomic mass is 9.82. The van der Waals surface area contributed by atoms with Gasteiger partial charge in [-0.15, -0.1) is 0 Å². The van der Waals surface area contributed by atoms with Gasteiger partial charge in [0.1, 0.15) is 5.54 Å². The topological polar surface area (TPSA) is 70.1 Å². The number of nitrogens with zero attached hydrogens (tertiary/aromatic N) is 2. The van der Waals surface area contributed by atoms with Crippen LogP contribution in [0.1, 0.15) is 30.9 Å². The van der Waals surface area contributed by atoms with Crippen molar-refractivity contribution in [2.75, 3.05) is 32.8 Å². The Morgan fingerprint density at radius 2 is 1.57 bits per heavy atom. The van der Waals surface area contributed by atoms with Gasteiger partial charge >= 0.3 is 11.9 Å². The molecule has 1 atom stereocenters. The fraction of sp³-hybridized carbons (Fsp3) is 0.417. The number of ether oxygens (including phenoxy) is 1. The molecule has 1 heterocycles. The minimum absolute atomic E-state index is 0.0993. The number of carboxylic acids is 1. The van der Waals surface area contributed by atoms with Crippen molar-refractivity contribution in [2.24, 2.45) is 0 Å². The van der Waals surface area contributed by atoms with Gasteiger partial charge in [0.25, 0.3) is 0 Å². The molecule has 6 heteroatoms. The predicted octanol–water partition coefficient (Wildman–Crippen LogP) is 3.13. The Balaban J connectivity index is 1.84. The van der Waals surface area contributed by atoms with Gasteiger partial charge in [-0.25, -0.2) is 4.79 Å². The third-order valence-corrected chi connectivity index (χ3v) is 5.73. The molecule has 160 valence electrons. The summed E-state index contributed by atoms with van der Waals surface area (Å²) < 4.78 is 5.48. The van der Waals surface area contributed by atoms with Gasteiger partial charge in [-0.2, -0.15) is 0 Å². The van der Waals surface area contributed by atoms with E-state index in [9.17, 15) is 14.7 Å². The van der Waals surface area contributed by atoms with Crippen LogP contribution in [0.5, 0.6) is 0 Å². The summed E-state index contributed by atoms with van der Waals surface area (Å²) >= 11 is 0. The van der Waals surface area contributed by atoms with Crippen LogP contribution in [0.4, 0.5) is 0 Å².